The zero-order valence-corrected chi connectivity index (χ0v) is 16.4. The maximum absolute atomic E-state index is 5.87. The number of fused-ring (bicyclic) bond motifs is 1. The highest BCUT2D eigenvalue weighted by molar-refractivity contribution is 5.91. The van der Waals surface area contributed by atoms with Gasteiger partial charge in [-0.3, -0.25) is 0 Å². The summed E-state index contributed by atoms with van der Waals surface area (Å²) in [6.45, 7) is 2.14. The highest BCUT2D eigenvalue weighted by Gasteiger charge is 2.16. The van der Waals surface area contributed by atoms with Crippen molar-refractivity contribution in [3.63, 3.8) is 0 Å². The van der Waals surface area contributed by atoms with Crippen LogP contribution in [0.2, 0.25) is 0 Å². The van der Waals surface area contributed by atoms with E-state index in [-0.39, 0.29) is 5.89 Å². The Labute approximate surface area is 173 Å². The van der Waals surface area contributed by atoms with Crippen LogP contribution >= 0.6 is 0 Å². The van der Waals surface area contributed by atoms with E-state index in [1.54, 1.807) is 0 Å². The molecule has 0 unspecified atom stereocenters. The van der Waals surface area contributed by atoms with E-state index in [0.29, 0.717) is 17.5 Å². The second kappa shape index (κ2) is 7.75. The standard InChI is InChI=1S/C24H19N5O/c1-2-16-12-14-18(15-13-16)25-21-19-10-6-7-11-20(19)26-22(27-21)24-29-28-23(30-24)17-8-4-3-5-9-17/h3-15H,2H2,1H3,(H,25,26,27). The van der Waals surface area contributed by atoms with Gasteiger partial charge < -0.3 is 9.73 Å². The molecule has 0 amide bonds. The molecule has 30 heavy (non-hydrogen) atoms. The Balaban J connectivity index is 1.56. The summed E-state index contributed by atoms with van der Waals surface area (Å²) in [5, 5.41) is 12.7. The summed E-state index contributed by atoms with van der Waals surface area (Å²) in [4.78, 5) is 9.33. The molecular weight excluding hydrogens is 374 g/mol. The van der Waals surface area contributed by atoms with Gasteiger partial charge in [0, 0.05) is 16.6 Å². The van der Waals surface area contributed by atoms with Crippen molar-refractivity contribution in [2.45, 2.75) is 13.3 Å². The van der Waals surface area contributed by atoms with Crippen molar-refractivity contribution in [1.82, 2.24) is 20.2 Å². The van der Waals surface area contributed by atoms with E-state index in [2.05, 4.69) is 51.7 Å². The van der Waals surface area contributed by atoms with Gasteiger partial charge in [-0.1, -0.05) is 49.4 Å². The molecule has 2 aromatic heterocycles. The Kier molecular flexibility index (Phi) is 4.65. The van der Waals surface area contributed by atoms with Crippen LogP contribution in [0.25, 0.3) is 34.1 Å². The van der Waals surface area contributed by atoms with E-state index in [4.69, 9.17) is 9.40 Å². The summed E-state index contributed by atoms with van der Waals surface area (Å²) in [5.74, 6) is 1.80. The lowest BCUT2D eigenvalue weighted by Gasteiger charge is -2.10. The molecule has 146 valence electrons. The van der Waals surface area contributed by atoms with Crippen LogP contribution in [0.3, 0.4) is 0 Å². The Morgan fingerprint density at radius 2 is 1.50 bits per heavy atom. The van der Waals surface area contributed by atoms with Gasteiger partial charge in [0.2, 0.25) is 11.7 Å². The molecule has 0 saturated carbocycles. The first-order valence-electron chi connectivity index (χ1n) is 9.82. The third-order valence-corrected chi connectivity index (χ3v) is 4.87. The number of anilines is 2. The van der Waals surface area contributed by atoms with E-state index in [9.17, 15) is 0 Å². The molecule has 0 aliphatic heterocycles. The maximum Gasteiger partial charge on any atom is 0.286 e. The number of nitrogens with zero attached hydrogens (tertiary/aromatic N) is 4. The van der Waals surface area contributed by atoms with Crippen molar-refractivity contribution in [1.29, 1.82) is 0 Å². The number of aryl methyl sites for hydroxylation is 1. The Bertz CT molecular complexity index is 1300. The van der Waals surface area contributed by atoms with Crippen LogP contribution in [0.1, 0.15) is 12.5 Å². The lowest BCUT2D eigenvalue weighted by molar-refractivity contribution is 0.579. The Morgan fingerprint density at radius 1 is 0.767 bits per heavy atom. The van der Waals surface area contributed by atoms with Crippen LogP contribution in [0.5, 0.6) is 0 Å². The highest BCUT2D eigenvalue weighted by Crippen LogP contribution is 2.28. The molecule has 0 saturated heterocycles. The first-order valence-corrected chi connectivity index (χ1v) is 9.82. The van der Waals surface area contributed by atoms with Crippen molar-refractivity contribution in [2.75, 3.05) is 5.32 Å². The zero-order valence-electron chi connectivity index (χ0n) is 16.4. The Hall–Kier alpha value is -4.06. The van der Waals surface area contributed by atoms with Gasteiger partial charge in [-0.25, -0.2) is 9.97 Å². The molecule has 0 spiro atoms. The molecule has 5 rings (SSSR count). The van der Waals surface area contributed by atoms with Crippen LogP contribution in [0, 0.1) is 0 Å². The first-order chi connectivity index (χ1) is 14.8. The zero-order chi connectivity index (χ0) is 20.3. The average molecular weight is 393 g/mol. The van der Waals surface area contributed by atoms with Crippen molar-refractivity contribution < 1.29 is 4.42 Å². The van der Waals surface area contributed by atoms with Gasteiger partial charge in [-0.05, 0) is 48.4 Å². The highest BCUT2D eigenvalue weighted by atomic mass is 16.4. The van der Waals surface area contributed by atoms with Crippen molar-refractivity contribution >= 4 is 22.4 Å². The molecule has 2 heterocycles. The minimum absolute atomic E-state index is 0.281. The summed E-state index contributed by atoms with van der Waals surface area (Å²) < 4.78 is 5.87. The first kappa shape index (κ1) is 18.0. The molecule has 5 aromatic rings. The molecule has 0 radical (unpaired) electrons. The molecule has 3 aromatic carbocycles. The summed E-state index contributed by atoms with van der Waals surface area (Å²) in [7, 11) is 0. The van der Waals surface area contributed by atoms with Gasteiger partial charge in [0.05, 0.1) is 5.52 Å². The van der Waals surface area contributed by atoms with Gasteiger partial charge in [0.25, 0.3) is 5.89 Å². The van der Waals surface area contributed by atoms with Gasteiger partial charge in [-0.15, -0.1) is 10.2 Å². The van der Waals surface area contributed by atoms with Crippen molar-refractivity contribution in [2.24, 2.45) is 0 Å². The predicted octanol–water partition coefficient (Wildman–Crippen LogP) is 5.65. The number of aromatic nitrogens is 4. The minimum Gasteiger partial charge on any atom is -0.413 e. The molecule has 0 bridgehead atoms. The maximum atomic E-state index is 5.87. The van der Waals surface area contributed by atoms with Crippen LogP contribution in [-0.2, 0) is 6.42 Å². The fraction of sp³-hybridized carbons (Fsp3) is 0.0833. The Morgan fingerprint density at radius 3 is 2.30 bits per heavy atom. The summed E-state index contributed by atoms with van der Waals surface area (Å²) in [6.07, 6.45) is 1.00. The number of para-hydroxylation sites is 1. The predicted molar refractivity (Wildman–Crippen MR) is 117 cm³/mol. The minimum atomic E-state index is 0.281. The van der Waals surface area contributed by atoms with Gasteiger partial charge in [0.15, 0.2) is 0 Å². The summed E-state index contributed by atoms with van der Waals surface area (Å²) in [5.41, 5.74) is 3.90. The van der Waals surface area contributed by atoms with E-state index < -0.39 is 0 Å². The lowest BCUT2D eigenvalue weighted by Crippen LogP contribution is -1.99. The van der Waals surface area contributed by atoms with Crippen LogP contribution in [-0.4, -0.2) is 20.2 Å². The van der Waals surface area contributed by atoms with E-state index in [0.717, 1.165) is 28.6 Å². The normalized spacial score (nSPS) is 11.0. The van der Waals surface area contributed by atoms with Gasteiger partial charge in [-0.2, -0.15) is 0 Å². The fourth-order valence-electron chi connectivity index (χ4n) is 3.24. The average Bonchev–Trinajstić information content (AvgIpc) is 3.31. The SMILES string of the molecule is CCc1ccc(Nc2nc(-c3nnc(-c4ccccc4)o3)nc3ccccc23)cc1. The number of hydrogen-bond donors (Lipinski definition) is 1. The van der Waals surface area contributed by atoms with Crippen LogP contribution in [0.4, 0.5) is 11.5 Å². The number of nitrogens with one attached hydrogen (secondary N) is 1. The van der Waals surface area contributed by atoms with Crippen molar-refractivity contribution in [3.05, 3.63) is 84.4 Å². The molecular formula is C24H19N5O. The van der Waals surface area contributed by atoms with Crippen LogP contribution < -0.4 is 5.32 Å². The van der Waals surface area contributed by atoms with E-state index in [1.165, 1.54) is 5.56 Å². The second-order valence-electron chi connectivity index (χ2n) is 6.87. The van der Waals surface area contributed by atoms with Gasteiger partial charge in [0.1, 0.15) is 5.82 Å². The molecule has 1 N–H and O–H groups in total. The summed E-state index contributed by atoms with van der Waals surface area (Å²) in [6, 6.07) is 25.8. The van der Waals surface area contributed by atoms with E-state index >= 15 is 0 Å². The van der Waals surface area contributed by atoms with Crippen molar-refractivity contribution in [3.8, 4) is 23.2 Å². The van der Waals surface area contributed by atoms with Crippen LogP contribution in [0.15, 0.2) is 83.3 Å². The number of benzene rings is 3. The molecule has 0 atom stereocenters. The van der Waals surface area contributed by atoms with E-state index in [1.807, 2.05) is 54.6 Å². The van der Waals surface area contributed by atoms with Gasteiger partial charge >= 0.3 is 0 Å². The smallest absolute Gasteiger partial charge is 0.286 e. The monoisotopic (exact) mass is 393 g/mol. The number of hydrogen-bond acceptors (Lipinski definition) is 6. The quantitative estimate of drug-likeness (QED) is 0.416. The third-order valence-electron chi connectivity index (χ3n) is 4.87. The molecule has 0 fully saturated rings. The largest absolute Gasteiger partial charge is 0.413 e. The molecule has 0 aliphatic carbocycles. The summed E-state index contributed by atoms with van der Waals surface area (Å²) >= 11 is 0. The second-order valence-corrected chi connectivity index (χ2v) is 6.87. The lowest BCUT2D eigenvalue weighted by atomic mass is 10.1. The molecule has 6 heteroatoms. The topological polar surface area (TPSA) is 76.7 Å². The third kappa shape index (κ3) is 3.51. The fourth-order valence-corrected chi connectivity index (χ4v) is 3.24. The molecule has 6 nitrogen and oxygen atoms in total. The molecule has 0 aliphatic rings. The number of rotatable bonds is 5.